The molecule has 0 bridgehead atoms. The third-order valence-corrected chi connectivity index (χ3v) is 4.42. The maximum absolute atomic E-state index is 12.1. The maximum atomic E-state index is 12.1. The van der Waals surface area contributed by atoms with Gasteiger partial charge < -0.3 is 5.32 Å². The molecule has 1 aromatic heterocycles. The highest BCUT2D eigenvalue weighted by atomic mass is 32.1. The molecular weight excluding hydrogens is 332 g/mol. The summed E-state index contributed by atoms with van der Waals surface area (Å²) in [4.78, 5) is 16.5. The van der Waals surface area contributed by atoms with Crippen molar-refractivity contribution < 1.29 is 4.79 Å². The minimum atomic E-state index is -0.434. The average Bonchev–Trinajstić information content (AvgIpc) is 3.04. The molecule has 2 N–H and O–H groups in total. The topological polar surface area (TPSA) is 66.4 Å². The van der Waals surface area contributed by atoms with E-state index in [-0.39, 0.29) is 5.91 Å². The van der Waals surface area contributed by atoms with Crippen molar-refractivity contribution in [3.8, 4) is 0 Å². The van der Waals surface area contributed by atoms with E-state index in [0.717, 1.165) is 20.9 Å². The van der Waals surface area contributed by atoms with Gasteiger partial charge in [-0.05, 0) is 30.7 Å². The number of hydrogen-bond donors (Lipinski definition) is 2. The van der Waals surface area contributed by atoms with Crippen molar-refractivity contribution in [3.63, 3.8) is 0 Å². The van der Waals surface area contributed by atoms with Crippen LogP contribution in [0.2, 0.25) is 0 Å². The Morgan fingerprint density at radius 2 is 1.92 bits per heavy atom. The summed E-state index contributed by atoms with van der Waals surface area (Å²) >= 11 is 1.52. The molecule has 0 aliphatic heterocycles. The SMILES string of the molecule is C[C@@H](Nc1nc2ccccc2s1)C(=O)N/N=C\C=C\c1ccccc1. The second kappa shape index (κ2) is 8.21. The van der Waals surface area contributed by atoms with Gasteiger partial charge >= 0.3 is 0 Å². The number of hydrogen-bond acceptors (Lipinski definition) is 5. The van der Waals surface area contributed by atoms with E-state index in [1.807, 2.05) is 60.7 Å². The number of fused-ring (bicyclic) bond motifs is 1. The van der Waals surface area contributed by atoms with E-state index in [2.05, 4.69) is 20.8 Å². The predicted molar refractivity (Wildman–Crippen MR) is 105 cm³/mol. The molecule has 0 aliphatic rings. The molecule has 0 spiro atoms. The van der Waals surface area contributed by atoms with E-state index in [4.69, 9.17) is 0 Å². The fourth-order valence-electron chi connectivity index (χ4n) is 2.14. The Kier molecular flexibility index (Phi) is 5.53. The molecule has 3 aromatic rings. The zero-order valence-corrected chi connectivity index (χ0v) is 14.5. The molecule has 0 radical (unpaired) electrons. The zero-order valence-electron chi connectivity index (χ0n) is 13.7. The van der Waals surface area contributed by atoms with Crippen molar-refractivity contribution in [2.75, 3.05) is 5.32 Å². The molecule has 0 unspecified atom stereocenters. The number of para-hydroxylation sites is 1. The van der Waals surface area contributed by atoms with Gasteiger partial charge in [0.25, 0.3) is 5.91 Å². The molecule has 0 saturated heterocycles. The number of benzene rings is 2. The lowest BCUT2D eigenvalue weighted by atomic mass is 10.2. The highest BCUT2D eigenvalue weighted by molar-refractivity contribution is 7.22. The van der Waals surface area contributed by atoms with Gasteiger partial charge in [-0.3, -0.25) is 4.79 Å². The smallest absolute Gasteiger partial charge is 0.262 e. The van der Waals surface area contributed by atoms with Crippen molar-refractivity contribution in [2.24, 2.45) is 5.10 Å². The summed E-state index contributed by atoms with van der Waals surface area (Å²) in [5, 5.41) is 7.74. The van der Waals surface area contributed by atoms with Gasteiger partial charge in [-0.25, -0.2) is 10.4 Å². The standard InChI is InChI=1S/C19H18N4OS/c1-14(21-19-22-16-11-5-6-12-17(16)25-19)18(24)23-20-13-7-10-15-8-3-2-4-9-15/h2-14H,1H3,(H,21,22)(H,23,24)/b10-7+,20-13-/t14-/m1/s1. The van der Waals surface area contributed by atoms with E-state index in [1.165, 1.54) is 11.3 Å². The lowest BCUT2D eigenvalue weighted by molar-refractivity contribution is -0.121. The summed E-state index contributed by atoms with van der Waals surface area (Å²) in [6.07, 6.45) is 5.25. The largest absolute Gasteiger partial charge is 0.350 e. The molecule has 1 heterocycles. The van der Waals surface area contributed by atoms with Gasteiger partial charge in [0.1, 0.15) is 6.04 Å². The zero-order chi connectivity index (χ0) is 17.5. The van der Waals surface area contributed by atoms with Gasteiger partial charge in [-0.2, -0.15) is 5.10 Å². The monoisotopic (exact) mass is 350 g/mol. The fraction of sp³-hybridized carbons (Fsp3) is 0.105. The second-order valence-corrected chi connectivity index (χ2v) is 6.41. The first-order valence-corrected chi connectivity index (χ1v) is 8.71. The summed E-state index contributed by atoms with van der Waals surface area (Å²) in [5.41, 5.74) is 4.51. The third kappa shape index (κ3) is 4.74. The number of aromatic nitrogens is 1. The minimum Gasteiger partial charge on any atom is -0.350 e. The van der Waals surface area contributed by atoms with Crippen molar-refractivity contribution in [3.05, 3.63) is 66.2 Å². The van der Waals surface area contributed by atoms with Gasteiger partial charge in [0.15, 0.2) is 5.13 Å². The number of nitrogens with zero attached hydrogens (tertiary/aromatic N) is 2. The number of rotatable bonds is 6. The number of nitrogens with one attached hydrogen (secondary N) is 2. The average molecular weight is 350 g/mol. The molecule has 0 aliphatic carbocycles. The molecule has 6 heteroatoms. The van der Waals surface area contributed by atoms with E-state index in [9.17, 15) is 4.79 Å². The first kappa shape index (κ1) is 16.9. The van der Waals surface area contributed by atoms with Crippen molar-refractivity contribution >= 4 is 44.9 Å². The van der Waals surface area contributed by atoms with Crippen LogP contribution in [-0.2, 0) is 4.79 Å². The van der Waals surface area contributed by atoms with Gasteiger partial charge in [0.05, 0.1) is 10.2 Å². The van der Waals surface area contributed by atoms with Crippen LogP contribution in [-0.4, -0.2) is 23.1 Å². The van der Waals surface area contributed by atoms with Crippen molar-refractivity contribution in [2.45, 2.75) is 13.0 Å². The number of carbonyl (C=O) groups is 1. The Balaban J connectivity index is 1.50. The molecule has 2 aromatic carbocycles. The molecule has 0 saturated carbocycles. The van der Waals surface area contributed by atoms with Crippen LogP contribution in [0.15, 0.2) is 65.8 Å². The van der Waals surface area contributed by atoms with Crippen LogP contribution in [0.25, 0.3) is 16.3 Å². The quantitative estimate of drug-likeness (QED) is 0.523. The summed E-state index contributed by atoms with van der Waals surface area (Å²) in [5.74, 6) is -0.219. The summed E-state index contributed by atoms with van der Waals surface area (Å²) < 4.78 is 1.08. The summed E-state index contributed by atoms with van der Waals surface area (Å²) in [6, 6.07) is 17.3. The van der Waals surface area contributed by atoms with E-state index in [0.29, 0.717) is 0 Å². The number of thiazole rings is 1. The third-order valence-electron chi connectivity index (χ3n) is 3.45. The van der Waals surface area contributed by atoms with Crippen LogP contribution in [0, 0.1) is 0 Å². The number of anilines is 1. The molecular formula is C19H18N4OS. The number of amides is 1. The Morgan fingerprint density at radius 3 is 2.72 bits per heavy atom. The second-order valence-electron chi connectivity index (χ2n) is 5.38. The van der Waals surface area contributed by atoms with Gasteiger partial charge in [-0.15, -0.1) is 0 Å². The molecule has 3 rings (SSSR count). The lowest BCUT2D eigenvalue weighted by Gasteiger charge is -2.10. The van der Waals surface area contributed by atoms with E-state index < -0.39 is 6.04 Å². The number of carbonyl (C=O) groups excluding carboxylic acids is 1. The molecule has 1 atom stereocenters. The Labute approximate surface area is 150 Å². The first-order valence-electron chi connectivity index (χ1n) is 7.89. The first-order chi connectivity index (χ1) is 12.2. The summed E-state index contributed by atoms with van der Waals surface area (Å²) in [7, 11) is 0. The van der Waals surface area contributed by atoms with Gasteiger partial charge in [0.2, 0.25) is 0 Å². The van der Waals surface area contributed by atoms with Gasteiger partial charge in [0, 0.05) is 6.21 Å². The predicted octanol–water partition coefficient (Wildman–Crippen LogP) is 3.91. The van der Waals surface area contributed by atoms with Crippen LogP contribution in [0.3, 0.4) is 0 Å². The Morgan fingerprint density at radius 1 is 1.16 bits per heavy atom. The maximum Gasteiger partial charge on any atom is 0.262 e. The van der Waals surface area contributed by atoms with Crippen LogP contribution >= 0.6 is 11.3 Å². The number of allylic oxidation sites excluding steroid dienone is 1. The van der Waals surface area contributed by atoms with Gasteiger partial charge in [-0.1, -0.05) is 59.9 Å². The highest BCUT2D eigenvalue weighted by Crippen LogP contribution is 2.25. The van der Waals surface area contributed by atoms with E-state index >= 15 is 0 Å². The molecule has 25 heavy (non-hydrogen) atoms. The van der Waals surface area contributed by atoms with Crippen LogP contribution in [0.5, 0.6) is 0 Å². The molecule has 0 fully saturated rings. The molecule has 126 valence electrons. The minimum absolute atomic E-state index is 0.219. The van der Waals surface area contributed by atoms with E-state index in [1.54, 1.807) is 19.2 Å². The molecule has 5 nitrogen and oxygen atoms in total. The number of hydrazone groups is 1. The summed E-state index contributed by atoms with van der Waals surface area (Å²) in [6.45, 7) is 1.77. The fourth-order valence-corrected chi connectivity index (χ4v) is 3.10. The van der Waals surface area contributed by atoms with Crippen LogP contribution in [0.4, 0.5) is 5.13 Å². The molecule has 1 amide bonds. The van der Waals surface area contributed by atoms with Crippen molar-refractivity contribution in [1.29, 1.82) is 0 Å². The normalized spacial score (nSPS) is 12.7. The highest BCUT2D eigenvalue weighted by Gasteiger charge is 2.13. The Hall–Kier alpha value is -2.99. The van der Waals surface area contributed by atoms with Crippen molar-refractivity contribution in [1.82, 2.24) is 10.4 Å². The Bertz CT molecular complexity index is 869. The lowest BCUT2D eigenvalue weighted by Crippen LogP contribution is -2.34. The van der Waals surface area contributed by atoms with Crippen LogP contribution < -0.4 is 10.7 Å². The van der Waals surface area contributed by atoms with Crippen LogP contribution in [0.1, 0.15) is 12.5 Å².